The highest BCUT2D eigenvalue weighted by atomic mass is 16.5. The molecule has 1 heterocycles. The maximum atomic E-state index is 12.1. The monoisotopic (exact) mass is 319 g/mol. The molecule has 2 aliphatic rings. The smallest absolute Gasteiger partial charge is 0.223 e. The van der Waals surface area contributed by atoms with E-state index in [1.807, 2.05) is 14.1 Å². The van der Waals surface area contributed by atoms with E-state index in [4.69, 9.17) is 4.52 Å². The van der Waals surface area contributed by atoms with Gasteiger partial charge in [0.2, 0.25) is 5.91 Å². The van der Waals surface area contributed by atoms with Crippen molar-refractivity contribution in [3.63, 3.8) is 0 Å². The predicted molar refractivity (Wildman–Crippen MR) is 88.8 cm³/mol. The van der Waals surface area contributed by atoms with Gasteiger partial charge in [0.25, 0.3) is 0 Å². The second kappa shape index (κ2) is 6.27. The van der Waals surface area contributed by atoms with Gasteiger partial charge >= 0.3 is 0 Å². The first-order valence-corrected chi connectivity index (χ1v) is 8.76. The number of hydrogen-bond acceptors (Lipinski definition) is 4. The van der Waals surface area contributed by atoms with E-state index < -0.39 is 0 Å². The Bertz CT molecular complexity index is 560. The van der Waals surface area contributed by atoms with Gasteiger partial charge < -0.3 is 14.7 Å². The Balaban J connectivity index is 1.52. The van der Waals surface area contributed by atoms with Crippen molar-refractivity contribution in [2.24, 2.45) is 17.3 Å². The highest BCUT2D eigenvalue weighted by molar-refractivity contribution is 5.79. The van der Waals surface area contributed by atoms with Gasteiger partial charge in [0, 0.05) is 18.0 Å². The molecule has 2 saturated carbocycles. The molecule has 0 aromatic carbocycles. The van der Waals surface area contributed by atoms with Gasteiger partial charge in [0.05, 0.1) is 12.2 Å². The number of hydrogen-bond donors (Lipinski definition) is 1. The molecule has 2 aliphatic carbocycles. The SMILES string of the molecule is CN(C)Cc1cc(CC2CC(NC(=O)C3CCC3)C2(C)C)no1. The third-order valence-electron chi connectivity index (χ3n) is 5.80. The van der Waals surface area contributed by atoms with Gasteiger partial charge in [-0.05, 0) is 51.1 Å². The highest BCUT2D eigenvalue weighted by Gasteiger charge is 2.49. The average Bonchev–Trinajstić information content (AvgIpc) is 2.82. The van der Waals surface area contributed by atoms with Crippen LogP contribution in [0.5, 0.6) is 0 Å². The Morgan fingerprint density at radius 2 is 2.17 bits per heavy atom. The van der Waals surface area contributed by atoms with Crippen molar-refractivity contribution >= 4 is 5.91 Å². The second-order valence-electron chi connectivity index (χ2n) is 8.17. The summed E-state index contributed by atoms with van der Waals surface area (Å²) in [6, 6.07) is 2.37. The lowest BCUT2D eigenvalue weighted by molar-refractivity contribution is -0.132. The van der Waals surface area contributed by atoms with Crippen molar-refractivity contribution in [3.8, 4) is 0 Å². The van der Waals surface area contributed by atoms with Crippen LogP contribution < -0.4 is 5.32 Å². The first kappa shape index (κ1) is 16.5. The summed E-state index contributed by atoms with van der Waals surface area (Å²) in [7, 11) is 4.04. The fourth-order valence-corrected chi connectivity index (χ4v) is 3.66. The molecule has 0 spiro atoms. The van der Waals surface area contributed by atoms with Gasteiger partial charge in [0.1, 0.15) is 0 Å². The Morgan fingerprint density at radius 1 is 1.43 bits per heavy atom. The average molecular weight is 319 g/mol. The van der Waals surface area contributed by atoms with Crippen LogP contribution >= 0.6 is 0 Å². The lowest BCUT2D eigenvalue weighted by atomic mass is 9.57. The second-order valence-corrected chi connectivity index (χ2v) is 8.17. The van der Waals surface area contributed by atoms with Crippen LogP contribution in [-0.2, 0) is 17.8 Å². The van der Waals surface area contributed by atoms with E-state index in [0.29, 0.717) is 12.0 Å². The van der Waals surface area contributed by atoms with Crippen LogP contribution in [0.3, 0.4) is 0 Å². The number of nitrogens with one attached hydrogen (secondary N) is 1. The van der Waals surface area contributed by atoms with Crippen molar-refractivity contribution in [1.82, 2.24) is 15.4 Å². The van der Waals surface area contributed by atoms with Crippen molar-refractivity contribution in [2.45, 2.75) is 58.5 Å². The van der Waals surface area contributed by atoms with E-state index >= 15 is 0 Å². The van der Waals surface area contributed by atoms with E-state index in [2.05, 4.69) is 35.3 Å². The fraction of sp³-hybridized carbons (Fsp3) is 0.778. The van der Waals surface area contributed by atoms with Gasteiger partial charge in [-0.2, -0.15) is 0 Å². The Kier molecular flexibility index (Phi) is 4.50. The number of amides is 1. The standard InChI is InChI=1S/C18H29N3O2/c1-18(2)13(8-14-10-15(23-20-14)11-21(3)4)9-16(18)19-17(22)12-6-5-7-12/h10,12-13,16H,5-9,11H2,1-4H3,(H,19,22). The van der Waals surface area contributed by atoms with Gasteiger partial charge in [0.15, 0.2) is 5.76 Å². The molecule has 2 unspecified atom stereocenters. The first-order valence-electron chi connectivity index (χ1n) is 8.76. The van der Waals surface area contributed by atoms with Crippen molar-refractivity contribution in [1.29, 1.82) is 0 Å². The van der Waals surface area contributed by atoms with Crippen molar-refractivity contribution in [2.75, 3.05) is 14.1 Å². The molecule has 1 N–H and O–H groups in total. The molecule has 2 fully saturated rings. The summed E-state index contributed by atoms with van der Waals surface area (Å²) in [5, 5.41) is 7.47. The molecule has 0 saturated heterocycles. The van der Waals surface area contributed by atoms with Crippen LogP contribution in [0.2, 0.25) is 0 Å². The minimum Gasteiger partial charge on any atom is -0.360 e. The molecule has 1 amide bonds. The van der Waals surface area contributed by atoms with E-state index in [1.54, 1.807) is 0 Å². The van der Waals surface area contributed by atoms with E-state index in [-0.39, 0.29) is 17.2 Å². The van der Waals surface area contributed by atoms with Gasteiger partial charge in [-0.1, -0.05) is 25.4 Å². The first-order chi connectivity index (χ1) is 10.9. The van der Waals surface area contributed by atoms with Gasteiger partial charge in [-0.3, -0.25) is 4.79 Å². The largest absolute Gasteiger partial charge is 0.360 e. The maximum absolute atomic E-state index is 12.1. The summed E-state index contributed by atoms with van der Waals surface area (Å²) in [5.74, 6) is 2.00. The summed E-state index contributed by atoms with van der Waals surface area (Å²) in [6.07, 6.45) is 5.31. The van der Waals surface area contributed by atoms with Gasteiger partial charge in [-0.15, -0.1) is 0 Å². The zero-order chi connectivity index (χ0) is 16.6. The third-order valence-corrected chi connectivity index (χ3v) is 5.80. The number of aromatic nitrogens is 1. The molecule has 0 bridgehead atoms. The van der Waals surface area contributed by atoms with Crippen LogP contribution in [-0.4, -0.2) is 36.1 Å². The quantitative estimate of drug-likeness (QED) is 0.875. The molecule has 0 aliphatic heterocycles. The molecule has 5 nitrogen and oxygen atoms in total. The zero-order valence-corrected chi connectivity index (χ0v) is 14.8. The number of carbonyl (C=O) groups excluding carboxylic acids is 1. The Morgan fingerprint density at radius 3 is 2.74 bits per heavy atom. The van der Waals surface area contributed by atoms with E-state index in [1.165, 1.54) is 6.42 Å². The van der Waals surface area contributed by atoms with E-state index in [9.17, 15) is 4.79 Å². The van der Waals surface area contributed by atoms with Crippen LogP contribution in [0.4, 0.5) is 0 Å². The topological polar surface area (TPSA) is 58.4 Å². The summed E-state index contributed by atoms with van der Waals surface area (Å²) < 4.78 is 5.40. The highest BCUT2D eigenvalue weighted by Crippen LogP contribution is 2.48. The molecule has 5 heteroatoms. The number of carbonyl (C=O) groups is 1. The molecule has 23 heavy (non-hydrogen) atoms. The minimum absolute atomic E-state index is 0.125. The molecule has 2 atom stereocenters. The summed E-state index contributed by atoms with van der Waals surface area (Å²) in [5.41, 5.74) is 1.16. The molecule has 3 rings (SSSR count). The van der Waals surface area contributed by atoms with Crippen molar-refractivity contribution in [3.05, 3.63) is 17.5 Å². The predicted octanol–water partition coefficient (Wildman–Crippen LogP) is 2.61. The Hall–Kier alpha value is -1.36. The van der Waals surface area contributed by atoms with Crippen LogP contribution in [0.1, 0.15) is 51.0 Å². The lowest BCUT2D eigenvalue weighted by Gasteiger charge is -2.52. The summed E-state index contributed by atoms with van der Waals surface area (Å²) in [6.45, 7) is 5.29. The molecule has 1 aromatic rings. The van der Waals surface area contributed by atoms with Crippen LogP contribution in [0.25, 0.3) is 0 Å². The third kappa shape index (κ3) is 3.44. The number of nitrogens with zero attached hydrogens (tertiary/aromatic N) is 2. The van der Waals surface area contributed by atoms with Gasteiger partial charge in [-0.25, -0.2) is 0 Å². The molecular weight excluding hydrogens is 290 g/mol. The minimum atomic E-state index is 0.125. The van der Waals surface area contributed by atoms with Crippen molar-refractivity contribution < 1.29 is 9.32 Å². The lowest BCUT2D eigenvalue weighted by Crippen LogP contribution is -2.59. The Labute approximate surface area is 138 Å². The maximum Gasteiger partial charge on any atom is 0.223 e. The zero-order valence-electron chi connectivity index (χ0n) is 14.8. The molecular formula is C18H29N3O2. The normalized spacial score (nSPS) is 26.7. The van der Waals surface area contributed by atoms with E-state index in [0.717, 1.165) is 43.7 Å². The molecule has 128 valence electrons. The summed E-state index contributed by atoms with van der Waals surface area (Å²) >= 11 is 0. The molecule has 0 radical (unpaired) electrons. The van der Waals surface area contributed by atoms with Crippen LogP contribution in [0, 0.1) is 17.3 Å². The fourth-order valence-electron chi connectivity index (χ4n) is 3.66. The number of rotatable bonds is 6. The summed E-state index contributed by atoms with van der Waals surface area (Å²) in [4.78, 5) is 14.2. The van der Waals surface area contributed by atoms with Crippen LogP contribution in [0.15, 0.2) is 10.6 Å². The molecule has 1 aromatic heterocycles.